The average Bonchev–Trinajstić information content (AvgIpc) is 3.03. The lowest BCUT2D eigenvalue weighted by atomic mass is 9.95. The number of fused-ring (bicyclic) bond motifs is 1. The van der Waals surface area contributed by atoms with E-state index in [-0.39, 0.29) is 30.2 Å². The number of anilines is 1. The van der Waals surface area contributed by atoms with E-state index in [1.165, 1.54) is 0 Å². The van der Waals surface area contributed by atoms with Crippen molar-refractivity contribution in [3.8, 4) is 0 Å². The third-order valence-corrected chi connectivity index (χ3v) is 7.16. The van der Waals surface area contributed by atoms with Gasteiger partial charge >= 0.3 is 0 Å². The maximum absolute atomic E-state index is 12.8. The van der Waals surface area contributed by atoms with Gasteiger partial charge in [0, 0.05) is 36.6 Å². The topological polar surface area (TPSA) is 111 Å². The first-order valence-electron chi connectivity index (χ1n) is 9.94. The molecule has 29 heavy (non-hydrogen) atoms. The molecule has 2 saturated heterocycles. The van der Waals surface area contributed by atoms with E-state index in [1.54, 1.807) is 29.7 Å². The fraction of sp³-hybridized carbons (Fsp3) is 0.550. The minimum absolute atomic E-state index is 0.110. The van der Waals surface area contributed by atoms with Gasteiger partial charge in [0.2, 0.25) is 11.8 Å². The molecule has 1 spiro atoms. The Balaban J connectivity index is 1.45. The first-order valence-corrected chi connectivity index (χ1v) is 11.1. The molecular formula is C20H26N4O4S. The molecule has 0 aliphatic carbocycles. The van der Waals surface area contributed by atoms with E-state index >= 15 is 0 Å². The van der Waals surface area contributed by atoms with Crippen LogP contribution in [0.15, 0.2) is 24.3 Å². The molecule has 2 fully saturated rings. The molecule has 3 amide bonds. The number of likely N-dealkylation sites (tertiary alicyclic amines) is 1. The average molecular weight is 419 g/mol. The van der Waals surface area contributed by atoms with Crippen LogP contribution in [0, 0.1) is 0 Å². The highest BCUT2D eigenvalue weighted by molar-refractivity contribution is 7.99. The summed E-state index contributed by atoms with van der Waals surface area (Å²) in [5, 5.41) is 19.2. The second-order valence-corrected chi connectivity index (χ2v) is 9.01. The molecule has 4 rings (SSSR count). The van der Waals surface area contributed by atoms with Crippen molar-refractivity contribution in [2.24, 2.45) is 0 Å². The Morgan fingerprint density at radius 2 is 2.07 bits per heavy atom. The zero-order chi connectivity index (χ0) is 20.6. The summed E-state index contributed by atoms with van der Waals surface area (Å²) >= 11 is 1.60. The molecule has 0 saturated carbocycles. The fourth-order valence-electron chi connectivity index (χ4n) is 4.17. The summed E-state index contributed by atoms with van der Waals surface area (Å²) < 4.78 is 0. The SMILES string of the molecule is C[C@H](C(=O)N[C@@H]1CSC[C@H]1O)N1CC[C@@]2(CCC1=O)NC(=O)c1ccccc1N2. The molecule has 4 atom stereocenters. The van der Waals surface area contributed by atoms with E-state index in [9.17, 15) is 19.5 Å². The summed E-state index contributed by atoms with van der Waals surface area (Å²) in [6, 6.07) is 6.40. The Morgan fingerprint density at radius 3 is 2.83 bits per heavy atom. The smallest absolute Gasteiger partial charge is 0.255 e. The number of rotatable bonds is 3. The van der Waals surface area contributed by atoms with Crippen molar-refractivity contribution in [1.82, 2.24) is 15.5 Å². The molecule has 0 unspecified atom stereocenters. The van der Waals surface area contributed by atoms with Gasteiger partial charge in [0.15, 0.2) is 0 Å². The van der Waals surface area contributed by atoms with Crippen molar-refractivity contribution in [1.29, 1.82) is 0 Å². The second-order valence-electron chi connectivity index (χ2n) is 7.94. The predicted molar refractivity (Wildman–Crippen MR) is 111 cm³/mol. The Kier molecular flexibility index (Phi) is 5.44. The van der Waals surface area contributed by atoms with E-state index in [1.807, 2.05) is 18.2 Å². The molecule has 8 nitrogen and oxygen atoms in total. The Hall–Kier alpha value is -2.26. The number of nitrogens with one attached hydrogen (secondary N) is 3. The molecule has 4 N–H and O–H groups in total. The van der Waals surface area contributed by atoms with Gasteiger partial charge in [0.1, 0.15) is 11.7 Å². The first-order chi connectivity index (χ1) is 13.9. The van der Waals surface area contributed by atoms with Crippen LogP contribution in [0.1, 0.15) is 36.5 Å². The lowest BCUT2D eigenvalue weighted by Gasteiger charge is -2.40. The van der Waals surface area contributed by atoms with Crippen molar-refractivity contribution in [3.05, 3.63) is 29.8 Å². The van der Waals surface area contributed by atoms with Crippen molar-refractivity contribution in [2.75, 3.05) is 23.4 Å². The molecule has 3 heterocycles. The van der Waals surface area contributed by atoms with E-state index in [2.05, 4.69) is 16.0 Å². The quantitative estimate of drug-likeness (QED) is 0.570. The van der Waals surface area contributed by atoms with Crippen molar-refractivity contribution >= 4 is 35.2 Å². The van der Waals surface area contributed by atoms with Gasteiger partial charge in [-0.1, -0.05) is 12.1 Å². The maximum Gasteiger partial charge on any atom is 0.255 e. The number of benzene rings is 1. The zero-order valence-corrected chi connectivity index (χ0v) is 17.1. The number of aliphatic hydroxyl groups excluding tert-OH is 1. The molecule has 0 bridgehead atoms. The van der Waals surface area contributed by atoms with Gasteiger partial charge in [-0.2, -0.15) is 11.8 Å². The van der Waals surface area contributed by atoms with Crippen LogP contribution in [0.2, 0.25) is 0 Å². The predicted octanol–water partition coefficient (Wildman–Crippen LogP) is 0.532. The summed E-state index contributed by atoms with van der Waals surface area (Å²) in [6.45, 7) is 2.06. The van der Waals surface area contributed by atoms with Crippen LogP contribution in [0.4, 0.5) is 5.69 Å². The first kappa shape index (κ1) is 20.0. The molecule has 156 valence electrons. The van der Waals surface area contributed by atoms with Gasteiger partial charge < -0.3 is 26.0 Å². The third kappa shape index (κ3) is 3.93. The highest BCUT2D eigenvalue weighted by atomic mass is 32.2. The number of aliphatic hydroxyl groups is 1. The second kappa shape index (κ2) is 7.87. The number of thioether (sulfide) groups is 1. The van der Waals surface area contributed by atoms with Crippen LogP contribution >= 0.6 is 11.8 Å². The van der Waals surface area contributed by atoms with E-state index in [0.29, 0.717) is 36.5 Å². The minimum atomic E-state index is -0.704. The molecule has 0 aromatic heterocycles. The number of hydrogen-bond donors (Lipinski definition) is 4. The fourth-order valence-corrected chi connectivity index (χ4v) is 5.34. The molecule has 3 aliphatic rings. The van der Waals surface area contributed by atoms with Gasteiger partial charge in [-0.05, 0) is 25.5 Å². The summed E-state index contributed by atoms with van der Waals surface area (Å²) in [5.41, 5.74) is 0.645. The Bertz CT molecular complexity index is 834. The summed E-state index contributed by atoms with van der Waals surface area (Å²) in [4.78, 5) is 39.6. The van der Waals surface area contributed by atoms with Crippen LogP contribution < -0.4 is 16.0 Å². The molecule has 9 heteroatoms. The van der Waals surface area contributed by atoms with E-state index in [0.717, 1.165) is 5.69 Å². The number of nitrogens with zero attached hydrogens (tertiary/aromatic N) is 1. The monoisotopic (exact) mass is 418 g/mol. The van der Waals surface area contributed by atoms with Gasteiger partial charge in [0.05, 0.1) is 17.7 Å². The van der Waals surface area contributed by atoms with E-state index < -0.39 is 17.8 Å². The van der Waals surface area contributed by atoms with Gasteiger partial charge in [-0.15, -0.1) is 0 Å². The Morgan fingerprint density at radius 1 is 1.28 bits per heavy atom. The molecule has 0 radical (unpaired) electrons. The molecule has 3 aliphatic heterocycles. The van der Waals surface area contributed by atoms with Crippen LogP contribution in [-0.4, -0.2) is 69.6 Å². The van der Waals surface area contributed by atoms with Gasteiger partial charge in [-0.25, -0.2) is 0 Å². The van der Waals surface area contributed by atoms with Crippen LogP contribution in [0.5, 0.6) is 0 Å². The van der Waals surface area contributed by atoms with E-state index in [4.69, 9.17) is 0 Å². The number of amides is 3. The standard InChI is InChI=1S/C20H26N4O4S/c1-12(18(27)21-15-10-29-11-16(15)25)24-9-8-20(7-6-17(24)26)22-14-5-3-2-4-13(14)19(28)23-20/h2-5,12,15-16,22,25H,6-11H2,1H3,(H,21,27)(H,23,28)/t12-,15-,16-,20-/m1/s1. The largest absolute Gasteiger partial charge is 0.390 e. The normalized spacial score (nSPS) is 30.2. The number of hydrogen-bond acceptors (Lipinski definition) is 6. The van der Waals surface area contributed by atoms with Crippen molar-refractivity contribution in [2.45, 2.75) is 50.0 Å². The highest BCUT2D eigenvalue weighted by Gasteiger charge is 2.42. The minimum Gasteiger partial charge on any atom is -0.390 e. The number of carbonyl (C=O) groups excluding carboxylic acids is 3. The lowest BCUT2D eigenvalue weighted by molar-refractivity contribution is -0.139. The Labute approximate surface area is 173 Å². The molecular weight excluding hydrogens is 392 g/mol. The molecule has 1 aromatic rings. The summed E-state index contributed by atoms with van der Waals surface area (Å²) in [5.74, 6) is 0.759. The zero-order valence-electron chi connectivity index (χ0n) is 16.3. The third-order valence-electron chi connectivity index (χ3n) is 5.99. The van der Waals surface area contributed by atoms with Gasteiger partial charge in [0.25, 0.3) is 5.91 Å². The summed E-state index contributed by atoms with van der Waals surface area (Å²) in [6.07, 6.45) is 0.628. The van der Waals surface area contributed by atoms with Crippen LogP contribution in [0.25, 0.3) is 0 Å². The van der Waals surface area contributed by atoms with Gasteiger partial charge in [-0.3, -0.25) is 14.4 Å². The molecule has 1 aromatic carbocycles. The number of para-hydroxylation sites is 1. The maximum atomic E-state index is 12.8. The number of carbonyl (C=O) groups is 3. The van der Waals surface area contributed by atoms with Crippen LogP contribution in [0.3, 0.4) is 0 Å². The lowest BCUT2D eigenvalue weighted by Crippen LogP contribution is -2.58. The highest BCUT2D eigenvalue weighted by Crippen LogP contribution is 2.32. The van der Waals surface area contributed by atoms with Crippen molar-refractivity contribution in [3.63, 3.8) is 0 Å². The van der Waals surface area contributed by atoms with Crippen molar-refractivity contribution < 1.29 is 19.5 Å². The summed E-state index contributed by atoms with van der Waals surface area (Å²) in [7, 11) is 0. The van der Waals surface area contributed by atoms with Crippen LogP contribution in [-0.2, 0) is 9.59 Å².